The molecule has 82 valence electrons. The van der Waals surface area contributed by atoms with Gasteiger partial charge in [0.05, 0.1) is 0 Å². The van der Waals surface area contributed by atoms with E-state index in [1.54, 1.807) is 5.43 Å². The van der Waals surface area contributed by atoms with Crippen LogP contribution in [-0.2, 0) is 0 Å². The first-order valence-corrected chi connectivity index (χ1v) is 4.45. The third-order valence-corrected chi connectivity index (χ3v) is 1.83. The Morgan fingerprint density at radius 2 is 2.33 bits per heavy atom. The first kappa shape index (κ1) is 11.8. The predicted molar refractivity (Wildman–Crippen MR) is 50.2 cm³/mol. The predicted octanol–water partition coefficient (Wildman–Crippen LogP) is 1.05. The smallest absolute Gasteiger partial charge is 0.388 e. The molecule has 15 heavy (non-hydrogen) atoms. The van der Waals surface area contributed by atoms with Gasteiger partial charge in [0.15, 0.2) is 0 Å². The Kier molecular flexibility index (Phi) is 3.92. The van der Waals surface area contributed by atoms with E-state index < -0.39 is 18.4 Å². The minimum Gasteiger partial charge on any atom is -0.416 e. The Morgan fingerprint density at radius 1 is 1.67 bits per heavy atom. The van der Waals surface area contributed by atoms with E-state index in [1.807, 2.05) is 0 Å². The Bertz CT molecular complexity index is 375. The number of hydrogen-bond acceptors (Lipinski definition) is 4. The largest absolute Gasteiger partial charge is 0.416 e. The van der Waals surface area contributed by atoms with Gasteiger partial charge in [-0.15, -0.1) is 0 Å². The van der Waals surface area contributed by atoms with Gasteiger partial charge in [0.25, 0.3) is 5.91 Å². The topological polar surface area (TPSA) is 77.2 Å². The molecule has 1 heterocycles. The Morgan fingerprint density at radius 3 is 2.87 bits per heavy atom. The highest BCUT2D eigenvalue weighted by atomic mass is 79.9. The molecule has 1 aromatic heterocycles. The minimum absolute atomic E-state index is 0.174. The number of pyridine rings is 1. The first-order chi connectivity index (χ1) is 7.04. The normalized spacial score (nSPS) is 10.2. The summed E-state index contributed by atoms with van der Waals surface area (Å²) in [6.45, 7) is -3.05. The molecule has 0 saturated carbocycles. The minimum atomic E-state index is -3.05. The van der Waals surface area contributed by atoms with Gasteiger partial charge in [-0.05, 0) is 22.0 Å². The van der Waals surface area contributed by atoms with E-state index in [0.29, 0.717) is 4.47 Å². The molecule has 0 radical (unpaired) electrons. The Hall–Kier alpha value is -1.28. The molecule has 0 bridgehead atoms. The second-order valence-electron chi connectivity index (χ2n) is 2.36. The number of halogens is 3. The molecule has 0 aromatic carbocycles. The van der Waals surface area contributed by atoms with Gasteiger partial charge in [0.1, 0.15) is 5.56 Å². The number of aromatic nitrogens is 1. The molecule has 0 aliphatic rings. The van der Waals surface area contributed by atoms with Gasteiger partial charge in [-0.25, -0.2) is 10.8 Å². The number of amides is 1. The summed E-state index contributed by atoms with van der Waals surface area (Å²) < 4.78 is 28.4. The molecule has 1 rings (SSSR count). The number of nitrogen functional groups attached to an aromatic ring is 1. The first-order valence-electron chi connectivity index (χ1n) is 3.66. The molecule has 1 amide bonds. The van der Waals surface area contributed by atoms with Crippen molar-refractivity contribution < 1.29 is 18.3 Å². The SMILES string of the molecule is NNC(=O)c1cc(Br)cnc1OC(F)F. The maximum Gasteiger partial charge on any atom is 0.388 e. The summed E-state index contributed by atoms with van der Waals surface area (Å²) >= 11 is 3.03. The lowest BCUT2D eigenvalue weighted by molar-refractivity contribution is -0.0532. The van der Waals surface area contributed by atoms with Crippen LogP contribution in [0.15, 0.2) is 16.7 Å². The summed E-state index contributed by atoms with van der Waals surface area (Å²) in [5.74, 6) is 3.63. The van der Waals surface area contributed by atoms with Crippen LogP contribution in [0, 0.1) is 0 Å². The standard InChI is InChI=1S/C7H6BrF2N3O2/c8-3-1-4(5(14)13-11)6(12-2-3)15-7(9)10/h1-2,7H,11H2,(H,13,14). The van der Waals surface area contributed by atoms with Crippen LogP contribution in [0.4, 0.5) is 8.78 Å². The van der Waals surface area contributed by atoms with Crippen LogP contribution in [0.3, 0.4) is 0 Å². The molecule has 1 aromatic rings. The molecule has 3 N–H and O–H groups in total. The highest BCUT2D eigenvalue weighted by molar-refractivity contribution is 9.10. The van der Waals surface area contributed by atoms with Gasteiger partial charge in [-0.2, -0.15) is 8.78 Å². The van der Waals surface area contributed by atoms with Gasteiger partial charge in [0.2, 0.25) is 5.88 Å². The number of rotatable bonds is 3. The number of nitrogens with one attached hydrogen (secondary N) is 1. The van der Waals surface area contributed by atoms with Crippen LogP contribution in [0.5, 0.6) is 5.88 Å². The van der Waals surface area contributed by atoms with Gasteiger partial charge >= 0.3 is 6.61 Å². The number of nitrogens with two attached hydrogens (primary N) is 1. The van der Waals surface area contributed by atoms with Crippen molar-refractivity contribution >= 4 is 21.8 Å². The molecular formula is C7H6BrF2N3O2. The molecule has 0 spiro atoms. The third kappa shape index (κ3) is 3.10. The number of nitrogens with zero attached hydrogens (tertiary/aromatic N) is 1. The quantitative estimate of drug-likeness (QED) is 0.493. The molecule has 0 saturated heterocycles. The van der Waals surface area contributed by atoms with Crippen LogP contribution in [0.25, 0.3) is 0 Å². The van der Waals surface area contributed by atoms with E-state index in [4.69, 9.17) is 5.84 Å². The summed E-state index contributed by atoms with van der Waals surface area (Å²) in [6.07, 6.45) is 1.23. The van der Waals surface area contributed by atoms with Gasteiger partial charge < -0.3 is 4.74 Å². The van der Waals surface area contributed by atoms with Gasteiger partial charge in [-0.3, -0.25) is 10.2 Å². The van der Waals surface area contributed by atoms with Gasteiger partial charge in [-0.1, -0.05) is 0 Å². The zero-order valence-electron chi connectivity index (χ0n) is 7.21. The number of hydrogen-bond donors (Lipinski definition) is 2. The monoisotopic (exact) mass is 281 g/mol. The van der Waals surface area contributed by atoms with E-state index in [2.05, 4.69) is 25.7 Å². The second kappa shape index (κ2) is 4.99. The third-order valence-electron chi connectivity index (χ3n) is 1.39. The average molecular weight is 282 g/mol. The fourth-order valence-electron chi connectivity index (χ4n) is 0.845. The number of alkyl halides is 2. The number of carbonyl (C=O) groups excluding carboxylic acids is 1. The number of ether oxygens (including phenoxy) is 1. The Labute approximate surface area is 91.7 Å². The van der Waals surface area contributed by atoms with E-state index >= 15 is 0 Å². The highest BCUT2D eigenvalue weighted by Gasteiger charge is 2.16. The molecule has 0 aliphatic carbocycles. The van der Waals surface area contributed by atoms with Crippen molar-refractivity contribution in [1.29, 1.82) is 0 Å². The van der Waals surface area contributed by atoms with Crippen molar-refractivity contribution in [1.82, 2.24) is 10.4 Å². The zero-order chi connectivity index (χ0) is 11.4. The molecular weight excluding hydrogens is 276 g/mol. The number of hydrazine groups is 1. The van der Waals surface area contributed by atoms with Crippen LogP contribution >= 0.6 is 15.9 Å². The molecule has 5 nitrogen and oxygen atoms in total. The van der Waals surface area contributed by atoms with E-state index in [-0.39, 0.29) is 5.56 Å². The average Bonchev–Trinajstić information content (AvgIpc) is 2.19. The van der Waals surface area contributed by atoms with Crippen molar-refractivity contribution in [3.8, 4) is 5.88 Å². The lowest BCUT2D eigenvalue weighted by Gasteiger charge is -2.08. The number of carbonyl (C=O) groups is 1. The Balaban J connectivity index is 3.08. The summed E-state index contributed by atoms with van der Waals surface area (Å²) in [6, 6.07) is 1.27. The second-order valence-corrected chi connectivity index (χ2v) is 3.27. The summed E-state index contributed by atoms with van der Waals surface area (Å²) in [5, 5.41) is 0. The molecule has 0 fully saturated rings. The molecule has 0 aliphatic heterocycles. The molecule has 0 atom stereocenters. The van der Waals surface area contributed by atoms with Crippen molar-refractivity contribution in [3.63, 3.8) is 0 Å². The van der Waals surface area contributed by atoms with Crippen LogP contribution < -0.4 is 16.0 Å². The maximum absolute atomic E-state index is 11.9. The zero-order valence-corrected chi connectivity index (χ0v) is 8.79. The van der Waals surface area contributed by atoms with E-state index in [0.717, 1.165) is 0 Å². The molecule has 8 heteroatoms. The maximum atomic E-state index is 11.9. The van der Waals surface area contributed by atoms with Crippen molar-refractivity contribution in [3.05, 3.63) is 22.3 Å². The fraction of sp³-hybridized carbons (Fsp3) is 0.143. The van der Waals surface area contributed by atoms with Crippen LogP contribution in [-0.4, -0.2) is 17.5 Å². The summed E-state index contributed by atoms with van der Waals surface area (Å²) in [4.78, 5) is 14.7. The summed E-state index contributed by atoms with van der Waals surface area (Å²) in [7, 11) is 0. The lowest BCUT2D eigenvalue weighted by Crippen LogP contribution is -2.30. The molecule has 0 unspecified atom stereocenters. The van der Waals surface area contributed by atoms with Crippen molar-refractivity contribution in [2.45, 2.75) is 6.61 Å². The van der Waals surface area contributed by atoms with Gasteiger partial charge in [0, 0.05) is 10.7 Å². The van der Waals surface area contributed by atoms with Crippen molar-refractivity contribution in [2.24, 2.45) is 5.84 Å². The lowest BCUT2D eigenvalue weighted by atomic mass is 10.2. The van der Waals surface area contributed by atoms with Crippen LogP contribution in [0.2, 0.25) is 0 Å². The highest BCUT2D eigenvalue weighted by Crippen LogP contribution is 2.21. The van der Waals surface area contributed by atoms with E-state index in [9.17, 15) is 13.6 Å². The van der Waals surface area contributed by atoms with Crippen molar-refractivity contribution in [2.75, 3.05) is 0 Å². The fourth-order valence-corrected chi connectivity index (χ4v) is 1.18. The van der Waals surface area contributed by atoms with Crippen LogP contribution in [0.1, 0.15) is 10.4 Å². The summed E-state index contributed by atoms with van der Waals surface area (Å²) in [5.41, 5.74) is 1.62. The van der Waals surface area contributed by atoms with E-state index in [1.165, 1.54) is 12.3 Å².